The summed E-state index contributed by atoms with van der Waals surface area (Å²) in [4.78, 5) is 0. The van der Waals surface area contributed by atoms with Crippen LogP contribution in [0.15, 0.2) is 54.6 Å². The van der Waals surface area contributed by atoms with E-state index in [0.717, 1.165) is 16.1 Å². The van der Waals surface area contributed by atoms with Gasteiger partial charge in [0, 0.05) is 17.7 Å². The Bertz CT molecular complexity index is 521. The number of hydrogen-bond donors (Lipinski definition) is 0. The van der Waals surface area contributed by atoms with E-state index >= 15 is 0 Å². The summed E-state index contributed by atoms with van der Waals surface area (Å²) < 4.78 is 5.94. The van der Waals surface area contributed by atoms with Gasteiger partial charge in [-0.2, -0.15) is 4.74 Å². The molecule has 0 aromatic heterocycles. The number of methoxy groups -OCH3 is 1. The molecule has 0 aliphatic heterocycles. The fourth-order valence-corrected chi connectivity index (χ4v) is 1.51. The molecule has 0 aliphatic carbocycles. The van der Waals surface area contributed by atoms with E-state index in [2.05, 4.69) is 0 Å². The molecule has 0 saturated heterocycles. The van der Waals surface area contributed by atoms with Crippen molar-refractivity contribution in [3.8, 4) is 5.75 Å². The lowest BCUT2D eigenvalue weighted by Gasteiger charge is -2.03. The van der Waals surface area contributed by atoms with Crippen molar-refractivity contribution in [3.63, 3.8) is 0 Å². The third-order valence-electron chi connectivity index (χ3n) is 2.37. The summed E-state index contributed by atoms with van der Waals surface area (Å²) in [5.41, 5.74) is 1.42. The van der Waals surface area contributed by atoms with E-state index in [-0.39, 0.29) is 0 Å². The molecule has 3 nitrogen and oxygen atoms in total. The number of hydrogen-bond acceptors (Lipinski definition) is 2. The van der Waals surface area contributed by atoms with Gasteiger partial charge < -0.3 is 9.94 Å². The highest BCUT2D eigenvalue weighted by Crippen LogP contribution is 2.13. The first-order valence-electron chi connectivity index (χ1n) is 5.30. The van der Waals surface area contributed by atoms with Crippen molar-refractivity contribution in [1.82, 2.24) is 0 Å². The summed E-state index contributed by atoms with van der Waals surface area (Å²) in [7, 11) is 1.60. The molecule has 0 aliphatic rings. The molecular weight excluding hydrogens is 214 g/mol. The maximum atomic E-state index is 11.8. The summed E-state index contributed by atoms with van der Waals surface area (Å²) in [5.74, 6) is 0.736. The number of ether oxygens (including phenoxy) is 1. The van der Waals surface area contributed by atoms with Gasteiger partial charge in [0.25, 0.3) is 0 Å². The van der Waals surface area contributed by atoms with Gasteiger partial charge in [0.1, 0.15) is 5.75 Å². The van der Waals surface area contributed by atoms with Gasteiger partial charge in [0.05, 0.1) is 7.11 Å². The van der Waals surface area contributed by atoms with E-state index in [1.54, 1.807) is 19.2 Å². The fraction of sp³-hybridized carbons (Fsp3) is 0.0714. The quantitative estimate of drug-likeness (QED) is 0.350. The molecule has 0 heterocycles. The van der Waals surface area contributed by atoms with E-state index in [0.29, 0.717) is 5.69 Å². The summed E-state index contributed by atoms with van der Waals surface area (Å²) in [5, 5.41) is 11.8. The standard InChI is InChI=1S/C14H13NO2/c1-17-14-9-5-6-12(10-14)11-15(16)13-7-3-2-4-8-13/h2-11H,1H3/b15-11-. The van der Waals surface area contributed by atoms with Crippen LogP contribution in [0.1, 0.15) is 5.56 Å². The van der Waals surface area contributed by atoms with Crippen LogP contribution in [0.4, 0.5) is 5.69 Å². The van der Waals surface area contributed by atoms with Gasteiger partial charge in [-0.1, -0.05) is 24.3 Å². The Morgan fingerprint density at radius 3 is 2.53 bits per heavy atom. The van der Waals surface area contributed by atoms with Crippen LogP contribution in [0.3, 0.4) is 0 Å². The molecule has 0 radical (unpaired) electrons. The average Bonchev–Trinajstić information content (AvgIpc) is 2.40. The van der Waals surface area contributed by atoms with Crippen molar-refractivity contribution < 1.29 is 9.48 Å². The Morgan fingerprint density at radius 2 is 1.82 bits per heavy atom. The Kier molecular flexibility index (Phi) is 3.40. The van der Waals surface area contributed by atoms with Gasteiger partial charge in [-0.15, -0.1) is 0 Å². The zero-order chi connectivity index (χ0) is 12.1. The second kappa shape index (κ2) is 5.16. The van der Waals surface area contributed by atoms with Crippen LogP contribution < -0.4 is 4.74 Å². The van der Waals surface area contributed by atoms with Crippen molar-refractivity contribution in [3.05, 3.63) is 65.4 Å². The lowest BCUT2D eigenvalue weighted by molar-refractivity contribution is -0.354. The van der Waals surface area contributed by atoms with Crippen LogP contribution in [0.2, 0.25) is 0 Å². The lowest BCUT2D eigenvalue weighted by Crippen LogP contribution is -1.98. The summed E-state index contributed by atoms with van der Waals surface area (Å²) in [6.45, 7) is 0. The third kappa shape index (κ3) is 2.84. The molecule has 0 N–H and O–H groups in total. The molecule has 2 aromatic rings. The van der Waals surface area contributed by atoms with E-state index < -0.39 is 0 Å². The minimum Gasteiger partial charge on any atom is -0.618 e. The van der Waals surface area contributed by atoms with Crippen molar-refractivity contribution in [2.75, 3.05) is 7.11 Å². The van der Waals surface area contributed by atoms with E-state index in [4.69, 9.17) is 4.74 Å². The van der Waals surface area contributed by atoms with Crippen molar-refractivity contribution >= 4 is 11.9 Å². The van der Waals surface area contributed by atoms with Gasteiger partial charge in [-0.05, 0) is 18.2 Å². The maximum absolute atomic E-state index is 11.8. The SMILES string of the molecule is COc1cccc(/C=[N+](\[O-])c2ccccc2)c1. The molecule has 0 spiro atoms. The molecule has 0 atom stereocenters. The molecule has 2 rings (SSSR count). The number of para-hydroxylation sites is 1. The monoisotopic (exact) mass is 227 g/mol. The molecule has 0 amide bonds. The molecule has 0 saturated carbocycles. The van der Waals surface area contributed by atoms with Gasteiger partial charge in [-0.3, -0.25) is 0 Å². The molecule has 0 bridgehead atoms. The Labute approximate surface area is 100 Å². The van der Waals surface area contributed by atoms with Crippen LogP contribution in [0, 0.1) is 5.21 Å². The van der Waals surface area contributed by atoms with E-state index in [9.17, 15) is 5.21 Å². The van der Waals surface area contributed by atoms with Crippen LogP contribution in [-0.4, -0.2) is 18.1 Å². The van der Waals surface area contributed by atoms with Crippen molar-refractivity contribution in [2.24, 2.45) is 0 Å². The summed E-state index contributed by atoms with van der Waals surface area (Å²) in [6.07, 6.45) is 1.53. The predicted molar refractivity (Wildman–Crippen MR) is 67.9 cm³/mol. The number of benzene rings is 2. The normalized spacial score (nSPS) is 11.2. The molecular formula is C14H13NO2. The Balaban J connectivity index is 2.29. The predicted octanol–water partition coefficient (Wildman–Crippen LogP) is 2.96. The van der Waals surface area contributed by atoms with Crippen molar-refractivity contribution in [1.29, 1.82) is 0 Å². The first-order valence-corrected chi connectivity index (χ1v) is 5.30. The molecule has 2 aromatic carbocycles. The lowest BCUT2D eigenvalue weighted by atomic mass is 10.2. The summed E-state index contributed by atoms with van der Waals surface area (Å²) in [6, 6.07) is 16.4. The van der Waals surface area contributed by atoms with Crippen LogP contribution in [0.25, 0.3) is 0 Å². The fourth-order valence-electron chi connectivity index (χ4n) is 1.51. The Hall–Kier alpha value is -2.29. The first-order chi connectivity index (χ1) is 8.29. The van der Waals surface area contributed by atoms with E-state index in [1.165, 1.54) is 6.21 Å². The summed E-state index contributed by atoms with van der Waals surface area (Å²) >= 11 is 0. The highest BCUT2D eigenvalue weighted by Gasteiger charge is 2.01. The minimum absolute atomic E-state index is 0.607. The van der Waals surface area contributed by atoms with E-state index in [1.807, 2.05) is 42.5 Å². The molecule has 86 valence electrons. The largest absolute Gasteiger partial charge is 0.618 e. The molecule has 17 heavy (non-hydrogen) atoms. The van der Waals surface area contributed by atoms with Gasteiger partial charge in [0.15, 0.2) is 6.21 Å². The second-order valence-electron chi connectivity index (χ2n) is 3.57. The van der Waals surface area contributed by atoms with Gasteiger partial charge >= 0.3 is 0 Å². The molecule has 0 unspecified atom stereocenters. The highest BCUT2D eigenvalue weighted by atomic mass is 16.5. The maximum Gasteiger partial charge on any atom is 0.216 e. The topological polar surface area (TPSA) is 35.3 Å². The highest BCUT2D eigenvalue weighted by molar-refractivity contribution is 5.77. The van der Waals surface area contributed by atoms with Gasteiger partial charge in [0.2, 0.25) is 5.69 Å². The number of nitrogens with zero attached hydrogens (tertiary/aromatic N) is 1. The van der Waals surface area contributed by atoms with Crippen LogP contribution in [0.5, 0.6) is 5.75 Å². The zero-order valence-electron chi connectivity index (χ0n) is 9.54. The molecule has 0 fully saturated rings. The van der Waals surface area contributed by atoms with Gasteiger partial charge in [-0.25, -0.2) is 0 Å². The van der Waals surface area contributed by atoms with Crippen LogP contribution >= 0.6 is 0 Å². The average molecular weight is 227 g/mol. The Morgan fingerprint density at radius 1 is 1.06 bits per heavy atom. The van der Waals surface area contributed by atoms with Crippen LogP contribution in [-0.2, 0) is 0 Å². The second-order valence-corrected chi connectivity index (χ2v) is 3.57. The molecule has 3 heteroatoms. The third-order valence-corrected chi connectivity index (χ3v) is 2.37. The first kappa shape index (κ1) is 11.2. The van der Waals surface area contributed by atoms with Crippen molar-refractivity contribution in [2.45, 2.75) is 0 Å². The zero-order valence-corrected chi connectivity index (χ0v) is 9.54. The smallest absolute Gasteiger partial charge is 0.216 e. The minimum atomic E-state index is 0.607. The number of rotatable bonds is 3.